The van der Waals surface area contributed by atoms with Gasteiger partial charge in [0.1, 0.15) is 5.69 Å². The Morgan fingerprint density at radius 1 is 1.43 bits per heavy atom. The van der Waals surface area contributed by atoms with Crippen LogP contribution in [0.1, 0.15) is 29.8 Å². The van der Waals surface area contributed by atoms with E-state index in [1.54, 1.807) is 24.6 Å². The van der Waals surface area contributed by atoms with Gasteiger partial charge in [-0.2, -0.15) is 0 Å². The fraction of sp³-hybridized carbons (Fsp3) is 0.444. The lowest BCUT2D eigenvalue weighted by Crippen LogP contribution is -2.38. The van der Waals surface area contributed by atoms with Gasteiger partial charge in [0.2, 0.25) is 0 Å². The van der Waals surface area contributed by atoms with Gasteiger partial charge in [0.25, 0.3) is 5.91 Å². The highest BCUT2D eigenvalue weighted by atomic mass is 32.1. The lowest BCUT2D eigenvalue weighted by molar-refractivity contribution is 0.0655. The molecule has 4 nitrogen and oxygen atoms in total. The van der Waals surface area contributed by atoms with Crippen molar-refractivity contribution in [3.05, 3.63) is 41.6 Å². The van der Waals surface area contributed by atoms with Crippen LogP contribution in [-0.2, 0) is 4.74 Å². The van der Waals surface area contributed by atoms with E-state index >= 15 is 0 Å². The molecule has 1 amide bonds. The zero-order valence-electron chi connectivity index (χ0n) is 13.4. The third-order valence-corrected chi connectivity index (χ3v) is 5.22. The summed E-state index contributed by atoms with van der Waals surface area (Å²) in [5.41, 5.74) is 0.569. The van der Waals surface area contributed by atoms with Crippen molar-refractivity contribution in [3.63, 3.8) is 0 Å². The van der Waals surface area contributed by atoms with Crippen molar-refractivity contribution in [1.82, 2.24) is 9.88 Å². The minimum absolute atomic E-state index is 0.0182. The Labute approximate surface area is 140 Å². The topological polar surface area (TPSA) is 42.4 Å². The molecule has 1 unspecified atom stereocenters. The minimum atomic E-state index is 0.0182. The zero-order chi connectivity index (χ0) is 16.1. The number of ether oxygens (including phenoxy) is 1. The Balaban J connectivity index is 1.81. The number of amides is 1. The number of rotatable bonds is 6. The predicted molar refractivity (Wildman–Crippen MR) is 93.9 cm³/mol. The zero-order valence-corrected chi connectivity index (χ0v) is 14.2. The number of methoxy groups -OCH3 is 1. The molecule has 3 rings (SSSR count). The molecule has 0 saturated heterocycles. The quantitative estimate of drug-likeness (QED) is 0.758. The van der Waals surface area contributed by atoms with Crippen LogP contribution in [0.25, 0.3) is 10.1 Å². The van der Waals surface area contributed by atoms with Crippen LogP contribution in [0, 0.1) is 5.92 Å². The Bertz CT molecular complexity index is 695. The maximum Gasteiger partial charge on any atom is 0.274 e. The maximum absolute atomic E-state index is 13.0. The molecule has 0 fully saturated rings. The molecular weight excluding hydrogens is 308 g/mol. The van der Waals surface area contributed by atoms with Crippen LogP contribution in [-0.4, -0.2) is 42.6 Å². The molecule has 0 bridgehead atoms. The third-order valence-electron chi connectivity index (χ3n) is 4.28. The van der Waals surface area contributed by atoms with E-state index in [9.17, 15) is 4.79 Å². The van der Waals surface area contributed by atoms with Crippen molar-refractivity contribution < 1.29 is 9.53 Å². The van der Waals surface area contributed by atoms with Crippen molar-refractivity contribution in [3.8, 4) is 0 Å². The third kappa shape index (κ3) is 3.79. The summed E-state index contributed by atoms with van der Waals surface area (Å²) in [4.78, 5) is 19.3. The van der Waals surface area contributed by atoms with Gasteiger partial charge in [-0.3, -0.25) is 4.79 Å². The molecule has 0 spiro atoms. The van der Waals surface area contributed by atoms with E-state index in [2.05, 4.69) is 17.1 Å². The molecule has 1 aliphatic rings. The van der Waals surface area contributed by atoms with Crippen LogP contribution in [0.5, 0.6) is 0 Å². The van der Waals surface area contributed by atoms with Crippen LogP contribution >= 0.6 is 11.3 Å². The van der Waals surface area contributed by atoms with Crippen LogP contribution < -0.4 is 0 Å². The van der Waals surface area contributed by atoms with Crippen molar-refractivity contribution in [2.75, 3.05) is 26.8 Å². The molecule has 0 aromatic carbocycles. The van der Waals surface area contributed by atoms with E-state index < -0.39 is 0 Å². The van der Waals surface area contributed by atoms with Gasteiger partial charge >= 0.3 is 0 Å². The maximum atomic E-state index is 13.0. The number of fused-ring (bicyclic) bond motifs is 1. The van der Waals surface area contributed by atoms with Crippen LogP contribution in [0.3, 0.4) is 0 Å². The number of pyridine rings is 1. The second kappa shape index (κ2) is 7.70. The number of hydrogen-bond donors (Lipinski definition) is 0. The number of thiophene rings is 1. The van der Waals surface area contributed by atoms with Gasteiger partial charge in [-0.25, -0.2) is 4.98 Å². The van der Waals surface area contributed by atoms with Crippen LogP contribution in [0.2, 0.25) is 0 Å². The summed E-state index contributed by atoms with van der Waals surface area (Å²) in [5.74, 6) is 0.549. The first-order valence-electron chi connectivity index (χ1n) is 8.05. The molecular formula is C18H22N2O2S. The second-order valence-electron chi connectivity index (χ2n) is 5.89. The molecule has 2 aromatic heterocycles. The normalized spacial score (nSPS) is 17.5. The summed E-state index contributed by atoms with van der Waals surface area (Å²) in [6, 6.07) is 3.98. The highest BCUT2D eigenvalue weighted by Crippen LogP contribution is 2.25. The summed E-state index contributed by atoms with van der Waals surface area (Å²) < 4.78 is 6.17. The van der Waals surface area contributed by atoms with Gasteiger partial charge in [0.05, 0.1) is 11.3 Å². The number of aromatic nitrogens is 1. The van der Waals surface area contributed by atoms with E-state index in [1.807, 2.05) is 22.4 Å². The Kier molecular flexibility index (Phi) is 5.41. The summed E-state index contributed by atoms with van der Waals surface area (Å²) in [7, 11) is 1.67. The predicted octanol–water partition coefficient (Wildman–Crippen LogP) is 3.74. The molecule has 0 radical (unpaired) electrons. The van der Waals surface area contributed by atoms with Crippen molar-refractivity contribution in [2.24, 2.45) is 5.92 Å². The molecule has 1 aliphatic carbocycles. The lowest BCUT2D eigenvalue weighted by Gasteiger charge is -2.28. The standard InChI is InChI=1S/C18H22N2O2S/c1-22-11-10-20(13-14-5-3-2-4-6-14)18(21)16-17-15(7-9-19-16)8-12-23-17/h2-3,7-9,12,14H,4-6,10-11,13H2,1H3. The first-order valence-corrected chi connectivity index (χ1v) is 8.93. The average Bonchev–Trinajstić information content (AvgIpc) is 3.07. The first-order chi connectivity index (χ1) is 11.3. The molecule has 0 aliphatic heterocycles. The van der Waals surface area contributed by atoms with Crippen molar-refractivity contribution >= 4 is 27.3 Å². The second-order valence-corrected chi connectivity index (χ2v) is 6.81. The molecule has 122 valence electrons. The van der Waals surface area contributed by atoms with Crippen LogP contribution in [0.15, 0.2) is 35.9 Å². The van der Waals surface area contributed by atoms with Gasteiger partial charge < -0.3 is 9.64 Å². The number of nitrogens with zero attached hydrogens (tertiary/aromatic N) is 2. The van der Waals surface area contributed by atoms with Gasteiger partial charge in [-0.1, -0.05) is 12.2 Å². The number of carbonyl (C=O) groups is 1. The summed E-state index contributed by atoms with van der Waals surface area (Å²) >= 11 is 1.58. The molecule has 0 saturated carbocycles. The molecule has 5 heteroatoms. The van der Waals surface area contributed by atoms with E-state index in [0.717, 1.165) is 35.9 Å². The monoisotopic (exact) mass is 330 g/mol. The van der Waals surface area contributed by atoms with E-state index in [0.29, 0.717) is 24.8 Å². The number of carbonyl (C=O) groups excluding carboxylic acids is 1. The highest BCUT2D eigenvalue weighted by molar-refractivity contribution is 7.17. The van der Waals surface area contributed by atoms with Gasteiger partial charge in [-0.05, 0) is 48.1 Å². The summed E-state index contributed by atoms with van der Waals surface area (Å²) in [5, 5.41) is 3.09. The Hall–Kier alpha value is -1.72. The van der Waals surface area contributed by atoms with Crippen molar-refractivity contribution in [1.29, 1.82) is 0 Å². The summed E-state index contributed by atoms with van der Waals surface area (Å²) in [6.45, 7) is 1.93. The molecule has 2 heterocycles. The Morgan fingerprint density at radius 2 is 2.35 bits per heavy atom. The number of allylic oxidation sites excluding steroid dienone is 2. The number of hydrogen-bond acceptors (Lipinski definition) is 4. The molecule has 0 N–H and O–H groups in total. The van der Waals surface area contributed by atoms with E-state index in [-0.39, 0.29) is 5.91 Å². The fourth-order valence-electron chi connectivity index (χ4n) is 3.01. The average molecular weight is 330 g/mol. The summed E-state index contributed by atoms with van der Waals surface area (Å²) in [6.07, 6.45) is 9.48. The minimum Gasteiger partial charge on any atom is -0.383 e. The van der Waals surface area contributed by atoms with Gasteiger partial charge in [0, 0.05) is 26.4 Å². The molecule has 23 heavy (non-hydrogen) atoms. The van der Waals surface area contributed by atoms with E-state index in [1.165, 1.54) is 0 Å². The molecule has 2 aromatic rings. The van der Waals surface area contributed by atoms with Crippen LogP contribution in [0.4, 0.5) is 0 Å². The Morgan fingerprint density at radius 3 is 3.13 bits per heavy atom. The highest BCUT2D eigenvalue weighted by Gasteiger charge is 2.23. The fourth-order valence-corrected chi connectivity index (χ4v) is 3.88. The lowest BCUT2D eigenvalue weighted by atomic mass is 9.94. The van der Waals surface area contributed by atoms with E-state index in [4.69, 9.17) is 4.74 Å². The van der Waals surface area contributed by atoms with Gasteiger partial charge in [-0.15, -0.1) is 11.3 Å². The molecule has 1 atom stereocenters. The first kappa shape index (κ1) is 16.1. The largest absolute Gasteiger partial charge is 0.383 e. The van der Waals surface area contributed by atoms with Gasteiger partial charge in [0.15, 0.2) is 0 Å². The smallest absolute Gasteiger partial charge is 0.274 e. The van der Waals surface area contributed by atoms with Crippen molar-refractivity contribution in [2.45, 2.75) is 19.3 Å². The SMILES string of the molecule is COCCN(CC1CC=CCC1)C(=O)c1nccc2ccsc12.